The van der Waals surface area contributed by atoms with Gasteiger partial charge in [0.1, 0.15) is 10.6 Å². The fourth-order valence-corrected chi connectivity index (χ4v) is 3.37. The lowest BCUT2D eigenvalue weighted by Crippen LogP contribution is -2.22. The number of esters is 1. The molecule has 0 aliphatic carbocycles. The third kappa shape index (κ3) is 4.82. The first-order chi connectivity index (χ1) is 12.9. The van der Waals surface area contributed by atoms with Crippen LogP contribution >= 0.6 is 11.3 Å². The molecular weight excluding hydrogens is 370 g/mol. The third-order valence-corrected chi connectivity index (χ3v) is 4.88. The van der Waals surface area contributed by atoms with Crippen LogP contribution in [0.5, 0.6) is 0 Å². The number of carbonyl (C=O) groups excluding carboxylic acids is 2. The molecule has 0 atom stereocenters. The number of amides is 1. The molecule has 0 saturated heterocycles. The minimum absolute atomic E-state index is 0.0262. The molecule has 0 radical (unpaired) electrons. The Balaban J connectivity index is 2.24. The van der Waals surface area contributed by atoms with E-state index in [0.29, 0.717) is 5.56 Å². The fourth-order valence-electron chi connectivity index (χ4n) is 2.51. The number of nitrogens with zero attached hydrogens (tertiary/aromatic N) is 2. The summed E-state index contributed by atoms with van der Waals surface area (Å²) in [6.07, 6.45) is 0. The highest BCUT2D eigenvalue weighted by molar-refractivity contribution is 7.19. The fraction of sp³-hybridized carbons (Fsp3) is 0.333. The van der Waals surface area contributed by atoms with Crippen LogP contribution in [0.2, 0.25) is 0 Å². The predicted octanol–water partition coefficient (Wildman–Crippen LogP) is 3.93. The van der Waals surface area contributed by atoms with Crippen molar-refractivity contribution in [1.82, 2.24) is 0 Å². The molecule has 27 heavy (non-hydrogen) atoms. The summed E-state index contributed by atoms with van der Waals surface area (Å²) in [6, 6.07) is 8.14. The first-order valence-electron chi connectivity index (χ1n) is 8.52. The summed E-state index contributed by atoms with van der Waals surface area (Å²) in [5, 5.41) is 13.4. The van der Waals surface area contributed by atoms with Crippen LogP contribution in [0.3, 0.4) is 0 Å². The smallest absolute Gasteiger partial charge is 0.341 e. The number of hydrogen-bond acceptors (Lipinski definition) is 7. The SMILES string of the molecule is CCOC(=O)c1cc([N+](=O)[O-])sc1NC(=O)c1ccc(N(CC)CC)cc1. The minimum atomic E-state index is -0.714. The molecule has 8 nitrogen and oxygen atoms in total. The standard InChI is InChI=1S/C18H21N3O5S/c1-4-20(5-2)13-9-7-12(8-10-13)16(22)19-17-14(18(23)26-6-3)11-15(27-17)21(24)25/h7-11H,4-6H2,1-3H3,(H,19,22). The Hall–Kier alpha value is -2.94. The molecule has 144 valence electrons. The number of nitro groups is 1. The summed E-state index contributed by atoms with van der Waals surface area (Å²) in [5.41, 5.74) is 1.36. The van der Waals surface area contributed by atoms with Crippen LogP contribution in [0.25, 0.3) is 0 Å². The zero-order valence-electron chi connectivity index (χ0n) is 15.4. The highest BCUT2D eigenvalue weighted by Crippen LogP contribution is 2.34. The zero-order chi connectivity index (χ0) is 20.0. The summed E-state index contributed by atoms with van der Waals surface area (Å²) in [7, 11) is 0. The number of hydrogen-bond donors (Lipinski definition) is 1. The molecule has 2 rings (SSSR count). The molecule has 0 aliphatic rings. The van der Waals surface area contributed by atoms with Crippen molar-refractivity contribution in [3.8, 4) is 0 Å². The van der Waals surface area contributed by atoms with Gasteiger partial charge in [0.25, 0.3) is 5.91 Å². The Morgan fingerprint density at radius 3 is 2.33 bits per heavy atom. The second kappa shape index (κ2) is 9.13. The monoisotopic (exact) mass is 391 g/mol. The summed E-state index contributed by atoms with van der Waals surface area (Å²) in [4.78, 5) is 37.1. The Bertz CT molecular complexity index is 828. The summed E-state index contributed by atoms with van der Waals surface area (Å²) in [6.45, 7) is 7.56. The van der Waals surface area contributed by atoms with Crippen LogP contribution in [0.1, 0.15) is 41.5 Å². The number of rotatable bonds is 8. The Morgan fingerprint density at radius 1 is 1.19 bits per heavy atom. The number of thiophene rings is 1. The van der Waals surface area contributed by atoms with Gasteiger partial charge in [-0.1, -0.05) is 0 Å². The summed E-state index contributed by atoms with van der Waals surface area (Å²) >= 11 is 0.720. The van der Waals surface area contributed by atoms with Gasteiger partial charge >= 0.3 is 11.0 Å². The van der Waals surface area contributed by atoms with Gasteiger partial charge in [-0.25, -0.2) is 4.79 Å². The second-order valence-electron chi connectivity index (χ2n) is 5.48. The van der Waals surface area contributed by atoms with Crippen LogP contribution < -0.4 is 10.2 Å². The highest BCUT2D eigenvalue weighted by atomic mass is 32.1. The highest BCUT2D eigenvalue weighted by Gasteiger charge is 2.24. The first kappa shape index (κ1) is 20.4. The zero-order valence-corrected chi connectivity index (χ0v) is 16.2. The van der Waals surface area contributed by atoms with Gasteiger partial charge < -0.3 is 15.0 Å². The van der Waals surface area contributed by atoms with E-state index in [0.717, 1.165) is 36.2 Å². The molecule has 2 aromatic rings. The van der Waals surface area contributed by atoms with E-state index >= 15 is 0 Å². The van der Waals surface area contributed by atoms with Crippen LogP contribution in [-0.4, -0.2) is 36.5 Å². The molecule has 0 spiro atoms. The van der Waals surface area contributed by atoms with Gasteiger partial charge in [0.05, 0.1) is 11.5 Å². The number of benzene rings is 1. The van der Waals surface area contributed by atoms with Crippen LogP contribution in [0.15, 0.2) is 30.3 Å². The van der Waals surface area contributed by atoms with Crippen molar-refractivity contribution in [3.05, 3.63) is 51.6 Å². The van der Waals surface area contributed by atoms with E-state index in [1.165, 1.54) is 0 Å². The molecule has 0 unspecified atom stereocenters. The Morgan fingerprint density at radius 2 is 1.81 bits per heavy atom. The number of ether oxygens (including phenoxy) is 1. The van der Waals surface area contributed by atoms with Gasteiger partial charge in [-0.2, -0.15) is 0 Å². The number of anilines is 2. The van der Waals surface area contributed by atoms with Crippen molar-refractivity contribution in [2.45, 2.75) is 20.8 Å². The summed E-state index contributed by atoms with van der Waals surface area (Å²) < 4.78 is 4.90. The van der Waals surface area contributed by atoms with Gasteiger partial charge in [-0.3, -0.25) is 14.9 Å². The third-order valence-electron chi connectivity index (χ3n) is 3.88. The predicted molar refractivity (Wildman–Crippen MR) is 105 cm³/mol. The van der Waals surface area contributed by atoms with E-state index in [1.807, 2.05) is 26.0 Å². The molecule has 0 bridgehead atoms. The van der Waals surface area contributed by atoms with Crippen LogP contribution in [0, 0.1) is 10.1 Å². The van der Waals surface area contributed by atoms with Gasteiger partial charge in [0.15, 0.2) is 0 Å². The molecule has 0 fully saturated rings. The summed E-state index contributed by atoms with van der Waals surface area (Å²) in [5.74, 6) is -1.17. The molecule has 1 amide bonds. The maximum atomic E-state index is 12.5. The average molecular weight is 391 g/mol. The number of carbonyl (C=O) groups is 2. The van der Waals surface area contributed by atoms with Crippen molar-refractivity contribution in [3.63, 3.8) is 0 Å². The van der Waals surface area contributed by atoms with E-state index in [1.54, 1.807) is 19.1 Å². The van der Waals surface area contributed by atoms with E-state index in [4.69, 9.17) is 4.74 Å². The topological polar surface area (TPSA) is 102 Å². The van der Waals surface area contributed by atoms with Crippen molar-refractivity contribution in [2.24, 2.45) is 0 Å². The molecule has 0 saturated carbocycles. The van der Waals surface area contributed by atoms with Crippen molar-refractivity contribution in [1.29, 1.82) is 0 Å². The molecule has 9 heteroatoms. The molecule has 1 aromatic carbocycles. The first-order valence-corrected chi connectivity index (χ1v) is 9.34. The lowest BCUT2D eigenvalue weighted by molar-refractivity contribution is -0.380. The number of nitrogens with one attached hydrogen (secondary N) is 1. The van der Waals surface area contributed by atoms with E-state index in [-0.39, 0.29) is 22.2 Å². The second-order valence-corrected chi connectivity index (χ2v) is 6.51. The van der Waals surface area contributed by atoms with E-state index < -0.39 is 16.8 Å². The van der Waals surface area contributed by atoms with Crippen LogP contribution in [-0.2, 0) is 4.74 Å². The Kier molecular flexibility index (Phi) is 6.89. The van der Waals surface area contributed by atoms with Gasteiger partial charge in [-0.05, 0) is 56.4 Å². The molecule has 0 aliphatic heterocycles. The minimum Gasteiger partial charge on any atom is -0.462 e. The largest absolute Gasteiger partial charge is 0.462 e. The van der Waals surface area contributed by atoms with Gasteiger partial charge in [0, 0.05) is 30.4 Å². The van der Waals surface area contributed by atoms with E-state index in [9.17, 15) is 19.7 Å². The maximum Gasteiger partial charge on any atom is 0.341 e. The molecule has 1 N–H and O–H groups in total. The average Bonchev–Trinajstić information content (AvgIpc) is 3.08. The lowest BCUT2D eigenvalue weighted by Gasteiger charge is -2.21. The lowest BCUT2D eigenvalue weighted by atomic mass is 10.1. The molecule has 1 aromatic heterocycles. The van der Waals surface area contributed by atoms with Crippen LogP contribution in [0.4, 0.5) is 15.7 Å². The molecule has 1 heterocycles. The Labute approximate surface area is 160 Å². The normalized spacial score (nSPS) is 10.3. The van der Waals surface area contributed by atoms with Crippen molar-refractivity contribution in [2.75, 3.05) is 29.9 Å². The van der Waals surface area contributed by atoms with Crippen molar-refractivity contribution < 1.29 is 19.2 Å². The van der Waals surface area contributed by atoms with E-state index in [2.05, 4.69) is 10.2 Å². The van der Waals surface area contributed by atoms with Crippen molar-refractivity contribution >= 4 is 38.9 Å². The molecular formula is C18H21N3O5S. The van der Waals surface area contributed by atoms with Gasteiger partial charge in [0.2, 0.25) is 0 Å². The van der Waals surface area contributed by atoms with Gasteiger partial charge in [-0.15, -0.1) is 0 Å². The quantitative estimate of drug-likeness (QED) is 0.415. The maximum absolute atomic E-state index is 12.5.